The van der Waals surface area contributed by atoms with E-state index in [-0.39, 0.29) is 0 Å². The average Bonchev–Trinajstić information content (AvgIpc) is 3.43. The second kappa shape index (κ2) is 8.63. The fourth-order valence-corrected chi connectivity index (χ4v) is 4.69. The molecule has 4 heterocycles. The van der Waals surface area contributed by atoms with Crippen LogP contribution in [0.25, 0.3) is 32.6 Å². The first-order valence-electron chi connectivity index (χ1n) is 10.5. The number of H-pyrrole nitrogens is 1. The van der Waals surface area contributed by atoms with Crippen LogP contribution in [0.1, 0.15) is 24.8 Å². The van der Waals surface area contributed by atoms with Crippen molar-refractivity contribution in [2.24, 2.45) is 0 Å². The first-order valence-corrected chi connectivity index (χ1v) is 11.3. The van der Waals surface area contributed by atoms with Crippen LogP contribution in [0, 0.1) is 0 Å². The van der Waals surface area contributed by atoms with Crippen LogP contribution in [0.15, 0.2) is 24.4 Å². The molecule has 0 radical (unpaired) electrons. The summed E-state index contributed by atoms with van der Waals surface area (Å²) >= 11 is 1.69. The van der Waals surface area contributed by atoms with Gasteiger partial charge in [0, 0.05) is 30.6 Å². The molecule has 9 heteroatoms. The number of aromatic nitrogens is 5. The number of hydrogen-bond donors (Lipinski definition) is 2. The summed E-state index contributed by atoms with van der Waals surface area (Å²) < 4.78 is 6.61. The Morgan fingerprint density at radius 2 is 2.10 bits per heavy atom. The standard InChI is InChI=1S/C21H25N7OS/c1-2-3-7-22-13-17-24-20-18(30-17)21(28-8-10-29-11-9-28)26-19(25-20)14-5-4-6-16-15(14)12-23-27-16/h4-6,12,22H,2-3,7-11,13H2,1H3,(H,23,27). The van der Waals surface area contributed by atoms with Gasteiger partial charge in [-0.05, 0) is 19.0 Å². The van der Waals surface area contributed by atoms with Crippen molar-refractivity contribution < 1.29 is 4.74 Å². The molecule has 0 amide bonds. The quantitative estimate of drug-likeness (QED) is 0.440. The smallest absolute Gasteiger partial charge is 0.176 e. The first kappa shape index (κ1) is 19.3. The number of rotatable bonds is 7. The lowest BCUT2D eigenvalue weighted by molar-refractivity contribution is 0.122. The minimum Gasteiger partial charge on any atom is -0.378 e. The first-order chi connectivity index (χ1) is 14.8. The van der Waals surface area contributed by atoms with Crippen LogP contribution in [0.4, 0.5) is 5.82 Å². The zero-order valence-corrected chi connectivity index (χ0v) is 17.8. The summed E-state index contributed by atoms with van der Waals surface area (Å²) in [5.74, 6) is 1.64. The van der Waals surface area contributed by atoms with Gasteiger partial charge in [0.1, 0.15) is 9.71 Å². The van der Waals surface area contributed by atoms with Crippen molar-refractivity contribution >= 4 is 38.4 Å². The highest BCUT2D eigenvalue weighted by Gasteiger charge is 2.21. The van der Waals surface area contributed by atoms with E-state index in [4.69, 9.17) is 19.7 Å². The molecular weight excluding hydrogens is 398 g/mol. The molecule has 30 heavy (non-hydrogen) atoms. The molecule has 1 aliphatic rings. The van der Waals surface area contributed by atoms with Gasteiger partial charge in [-0.2, -0.15) is 5.10 Å². The molecule has 5 rings (SSSR count). The molecule has 0 spiro atoms. The molecule has 0 unspecified atom stereocenters. The number of thiazole rings is 1. The Morgan fingerprint density at radius 3 is 2.97 bits per heavy atom. The lowest BCUT2D eigenvalue weighted by Gasteiger charge is -2.28. The number of morpholine rings is 1. The molecule has 0 aliphatic carbocycles. The number of ether oxygens (including phenoxy) is 1. The maximum absolute atomic E-state index is 5.56. The van der Waals surface area contributed by atoms with Crippen molar-refractivity contribution in [1.29, 1.82) is 0 Å². The maximum Gasteiger partial charge on any atom is 0.176 e. The van der Waals surface area contributed by atoms with E-state index < -0.39 is 0 Å². The minimum absolute atomic E-state index is 0.687. The zero-order valence-electron chi connectivity index (χ0n) is 17.0. The normalized spacial score (nSPS) is 14.8. The maximum atomic E-state index is 5.56. The number of nitrogens with zero attached hydrogens (tertiary/aromatic N) is 5. The van der Waals surface area contributed by atoms with Crippen LogP contribution in [0.2, 0.25) is 0 Å². The van der Waals surface area contributed by atoms with Crippen molar-refractivity contribution in [3.63, 3.8) is 0 Å². The minimum atomic E-state index is 0.687. The van der Waals surface area contributed by atoms with Crippen molar-refractivity contribution in [1.82, 2.24) is 30.5 Å². The Hall–Kier alpha value is -2.62. The summed E-state index contributed by atoms with van der Waals surface area (Å²) in [6.07, 6.45) is 4.18. The zero-order chi connectivity index (χ0) is 20.3. The van der Waals surface area contributed by atoms with Gasteiger partial charge in [-0.15, -0.1) is 11.3 Å². The molecule has 1 aromatic carbocycles. The van der Waals surface area contributed by atoms with E-state index in [2.05, 4.69) is 27.3 Å². The number of fused-ring (bicyclic) bond motifs is 2. The summed E-state index contributed by atoms with van der Waals surface area (Å²) in [6.45, 7) is 7.03. The number of nitrogens with one attached hydrogen (secondary N) is 2. The van der Waals surface area contributed by atoms with E-state index >= 15 is 0 Å². The highest BCUT2D eigenvalue weighted by molar-refractivity contribution is 7.19. The summed E-state index contributed by atoms with van der Waals surface area (Å²) in [5, 5.41) is 12.8. The van der Waals surface area contributed by atoms with E-state index in [1.807, 2.05) is 24.4 Å². The second-order valence-corrected chi connectivity index (χ2v) is 8.48. The van der Waals surface area contributed by atoms with Crippen LogP contribution >= 0.6 is 11.3 Å². The van der Waals surface area contributed by atoms with Crippen molar-refractivity contribution in [3.8, 4) is 11.4 Å². The van der Waals surface area contributed by atoms with E-state index in [0.29, 0.717) is 19.0 Å². The highest BCUT2D eigenvalue weighted by atomic mass is 32.1. The van der Waals surface area contributed by atoms with Gasteiger partial charge >= 0.3 is 0 Å². The van der Waals surface area contributed by atoms with E-state index in [9.17, 15) is 0 Å². The lowest BCUT2D eigenvalue weighted by Crippen LogP contribution is -2.36. The third-order valence-corrected chi connectivity index (χ3v) is 6.34. The predicted molar refractivity (Wildman–Crippen MR) is 120 cm³/mol. The average molecular weight is 424 g/mol. The summed E-state index contributed by atoms with van der Waals surface area (Å²) in [7, 11) is 0. The predicted octanol–water partition coefficient (Wildman–Crippen LogP) is 3.36. The Balaban J connectivity index is 1.58. The van der Waals surface area contributed by atoms with Gasteiger partial charge in [-0.3, -0.25) is 5.10 Å². The third-order valence-electron chi connectivity index (χ3n) is 5.30. The van der Waals surface area contributed by atoms with Gasteiger partial charge in [-0.1, -0.05) is 25.5 Å². The molecular formula is C21H25N7OS. The molecule has 1 aliphatic heterocycles. The van der Waals surface area contributed by atoms with Gasteiger partial charge in [0.15, 0.2) is 17.3 Å². The summed E-state index contributed by atoms with van der Waals surface area (Å²) in [5.41, 5.74) is 2.70. The van der Waals surface area contributed by atoms with E-state index in [0.717, 1.165) is 63.8 Å². The molecule has 4 aromatic rings. The van der Waals surface area contributed by atoms with Gasteiger partial charge in [0.25, 0.3) is 0 Å². The molecule has 0 bridgehead atoms. The Morgan fingerprint density at radius 1 is 1.20 bits per heavy atom. The molecule has 1 fully saturated rings. The Labute approximate surface area is 178 Å². The summed E-state index contributed by atoms with van der Waals surface area (Å²) in [4.78, 5) is 17.0. The number of aromatic amines is 1. The molecule has 0 saturated carbocycles. The van der Waals surface area contributed by atoms with Crippen molar-refractivity contribution in [3.05, 3.63) is 29.4 Å². The van der Waals surface area contributed by atoms with Gasteiger partial charge in [-0.25, -0.2) is 15.0 Å². The topological polar surface area (TPSA) is 91.9 Å². The SMILES string of the molecule is CCCCNCc1nc2nc(-c3cccc4[nH]ncc34)nc(N3CCOCC3)c2s1. The Bertz CT molecular complexity index is 1150. The fourth-order valence-electron chi connectivity index (χ4n) is 3.70. The van der Waals surface area contributed by atoms with Crippen LogP contribution < -0.4 is 10.2 Å². The van der Waals surface area contributed by atoms with Crippen molar-refractivity contribution in [2.45, 2.75) is 26.3 Å². The molecule has 8 nitrogen and oxygen atoms in total. The van der Waals surface area contributed by atoms with Gasteiger partial charge in [0.05, 0.1) is 24.9 Å². The van der Waals surface area contributed by atoms with E-state index in [1.54, 1.807) is 11.3 Å². The molecule has 2 N–H and O–H groups in total. The van der Waals surface area contributed by atoms with Crippen LogP contribution in [0.3, 0.4) is 0 Å². The molecule has 3 aromatic heterocycles. The second-order valence-electron chi connectivity index (χ2n) is 7.40. The number of anilines is 1. The largest absolute Gasteiger partial charge is 0.378 e. The van der Waals surface area contributed by atoms with Crippen LogP contribution in [-0.2, 0) is 11.3 Å². The van der Waals surface area contributed by atoms with Crippen molar-refractivity contribution in [2.75, 3.05) is 37.7 Å². The number of benzene rings is 1. The monoisotopic (exact) mass is 423 g/mol. The van der Waals surface area contributed by atoms with Crippen LogP contribution in [-0.4, -0.2) is 58.0 Å². The van der Waals surface area contributed by atoms with Crippen LogP contribution in [0.5, 0.6) is 0 Å². The van der Waals surface area contributed by atoms with E-state index in [1.165, 1.54) is 12.8 Å². The Kier molecular flexibility index (Phi) is 5.56. The molecule has 1 saturated heterocycles. The third kappa shape index (κ3) is 3.76. The van der Waals surface area contributed by atoms with Gasteiger partial charge < -0.3 is 15.0 Å². The number of hydrogen-bond acceptors (Lipinski definition) is 8. The number of unbranched alkanes of at least 4 members (excludes halogenated alkanes) is 1. The molecule has 0 atom stereocenters. The molecule has 156 valence electrons. The highest BCUT2D eigenvalue weighted by Crippen LogP contribution is 2.34. The fraction of sp³-hybridized carbons (Fsp3) is 0.429. The lowest BCUT2D eigenvalue weighted by atomic mass is 10.1. The van der Waals surface area contributed by atoms with Gasteiger partial charge in [0.2, 0.25) is 0 Å². The summed E-state index contributed by atoms with van der Waals surface area (Å²) in [6, 6.07) is 6.06.